The molecule has 0 aliphatic heterocycles. The zero-order valence-corrected chi connectivity index (χ0v) is 8.88. The van der Waals surface area contributed by atoms with Crippen LogP contribution in [-0.2, 0) is 4.79 Å². The number of hydrogen-bond donors (Lipinski definition) is 2. The van der Waals surface area contributed by atoms with E-state index in [1.807, 2.05) is 7.05 Å². The van der Waals surface area contributed by atoms with Crippen LogP contribution >= 0.6 is 0 Å². The Kier molecular flexibility index (Phi) is 3.06. The summed E-state index contributed by atoms with van der Waals surface area (Å²) >= 11 is 0. The highest BCUT2D eigenvalue weighted by molar-refractivity contribution is 5.81. The van der Waals surface area contributed by atoms with Crippen LogP contribution in [0.15, 0.2) is 0 Å². The topological polar surface area (TPSA) is 41.1 Å². The molecule has 0 aromatic carbocycles. The molecule has 0 saturated heterocycles. The van der Waals surface area contributed by atoms with Crippen LogP contribution in [0.4, 0.5) is 0 Å². The van der Waals surface area contributed by atoms with Gasteiger partial charge in [-0.1, -0.05) is 0 Å². The lowest BCUT2D eigenvalue weighted by atomic mass is 9.91. The smallest absolute Gasteiger partial charge is 0.223 e. The minimum Gasteiger partial charge on any atom is -0.353 e. The highest BCUT2D eigenvalue weighted by atomic mass is 16.2. The fraction of sp³-hybridized carbons (Fsp3) is 0.909. The SMILES string of the molecule is CNC1CCC(NC(=O)C2CC2)CC1. The maximum absolute atomic E-state index is 11.5. The van der Waals surface area contributed by atoms with Crippen LogP contribution in [0.2, 0.25) is 0 Å². The number of amides is 1. The van der Waals surface area contributed by atoms with Gasteiger partial charge in [0.05, 0.1) is 0 Å². The third-order valence-electron chi connectivity index (χ3n) is 3.43. The summed E-state index contributed by atoms with van der Waals surface area (Å²) in [7, 11) is 2.02. The fourth-order valence-electron chi connectivity index (χ4n) is 2.19. The predicted molar refractivity (Wildman–Crippen MR) is 56.0 cm³/mol. The molecule has 2 aliphatic carbocycles. The van der Waals surface area contributed by atoms with Crippen LogP contribution < -0.4 is 10.6 Å². The van der Waals surface area contributed by atoms with E-state index >= 15 is 0 Å². The molecule has 0 radical (unpaired) electrons. The molecule has 0 aromatic heterocycles. The van der Waals surface area contributed by atoms with E-state index in [0.29, 0.717) is 23.9 Å². The quantitative estimate of drug-likeness (QED) is 0.708. The Morgan fingerprint density at radius 1 is 1.00 bits per heavy atom. The average Bonchev–Trinajstić information content (AvgIpc) is 3.02. The van der Waals surface area contributed by atoms with Crippen molar-refractivity contribution in [3.8, 4) is 0 Å². The van der Waals surface area contributed by atoms with E-state index in [1.165, 1.54) is 12.8 Å². The van der Waals surface area contributed by atoms with Gasteiger partial charge in [0.15, 0.2) is 0 Å². The molecule has 0 spiro atoms. The van der Waals surface area contributed by atoms with Gasteiger partial charge in [0.1, 0.15) is 0 Å². The minimum atomic E-state index is 0.304. The lowest BCUT2D eigenvalue weighted by Gasteiger charge is -2.28. The number of rotatable bonds is 3. The van der Waals surface area contributed by atoms with E-state index in [2.05, 4.69) is 10.6 Å². The van der Waals surface area contributed by atoms with Crippen molar-refractivity contribution in [2.24, 2.45) is 5.92 Å². The normalized spacial score (nSPS) is 32.6. The molecule has 2 saturated carbocycles. The lowest BCUT2D eigenvalue weighted by molar-refractivity contribution is -0.123. The van der Waals surface area contributed by atoms with Crippen LogP contribution in [0.25, 0.3) is 0 Å². The predicted octanol–water partition coefficient (Wildman–Crippen LogP) is 1.04. The molecule has 2 aliphatic rings. The van der Waals surface area contributed by atoms with E-state index in [1.54, 1.807) is 0 Å². The number of carbonyl (C=O) groups excluding carboxylic acids is 1. The van der Waals surface area contributed by atoms with Crippen LogP contribution in [0.3, 0.4) is 0 Å². The summed E-state index contributed by atoms with van der Waals surface area (Å²) in [6.45, 7) is 0. The molecule has 1 amide bonds. The van der Waals surface area contributed by atoms with Crippen molar-refractivity contribution < 1.29 is 4.79 Å². The molecule has 0 heterocycles. The maximum Gasteiger partial charge on any atom is 0.223 e. The number of carbonyl (C=O) groups is 1. The monoisotopic (exact) mass is 196 g/mol. The van der Waals surface area contributed by atoms with Crippen LogP contribution in [0.1, 0.15) is 38.5 Å². The number of hydrogen-bond acceptors (Lipinski definition) is 2. The Balaban J connectivity index is 1.69. The first-order chi connectivity index (χ1) is 6.79. The van der Waals surface area contributed by atoms with Gasteiger partial charge in [0.2, 0.25) is 5.91 Å². The van der Waals surface area contributed by atoms with E-state index in [9.17, 15) is 4.79 Å². The second-order valence-electron chi connectivity index (χ2n) is 4.62. The van der Waals surface area contributed by atoms with Crippen LogP contribution in [0.5, 0.6) is 0 Å². The second kappa shape index (κ2) is 4.30. The van der Waals surface area contributed by atoms with Crippen molar-refractivity contribution in [1.29, 1.82) is 0 Å². The Bertz CT molecular complexity index is 205. The molecular weight excluding hydrogens is 176 g/mol. The average molecular weight is 196 g/mol. The lowest BCUT2D eigenvalue weighted by Crippen LogP contribution is -2.41. The molecule has 80 valence electrons. The summed E-state index contributed by atoms with van der Waals surface area (Å²) in [5.74, 6) is 0.662. The third kappa shape index (κ3) is 2.47. The standard InChI is InChI=1S/C11H20N2O/c1-12-9-4-6-10(7-5-9)13-11(14)8-2-3-8/h8-10,12H,2-7H2,1H3,(H,13,14). The Labute approximate surface area is 85.6 Å². The zero-order chi connectivity index (χ0) is 9.97. The first-order valence-electron chi connectivity index (χ1n) is 5.77. The Hall–Kier alpha value is -0.570. The highest BCUT2D eigenvalue weighted by Crippen LogP contribution is 2.29. The van der Waals surface area contributed by atoms with Gasteiger partial charge in [0, 0.05) is 18.0 Å². The second-order valence-corrected chi connectivity index (χ2v) is 4.62. The minimum absolute atomic E-state index is 0.304. The van der Waals surface area contributed by atoms with Crippen molar-refractivity contribution in [1.82, 2.24) is 10.6 Å². The van der Waals surface area contributed by atoms with Gasteiger partial charge in [-0.25, -0.2) is 0 Å². The van der Waals surface area contributed by atoms with Gasteiger partial charge in [-0.3, -0.25) is 4.79 Å². The van der Waals surface area contributed by atoms with Gasteiger partial charge in [-0.15, -0.1) is 0 Å². The van der Waals surface area contributed by atoms with Crippen molar-refractivity contribution >= 4 is 5.91 Å². The molecule has 3 nitrogen and oxygen atoms in total. The summed E-state index contributed by atoms with van der Waals surface area (Å²) in [5, 5.41) is 6.46. The van der Waals surface area contributed by atoms with Crippen molar-refractivity contribution in [2.45, 2.75) is 50.6 Å². The Morgan fingerprint density at radius 2 is 1.57 bits per heavy atom. The summed E-state index contributed by atoms with van der Waals surface area (Å²) in [6.07, 6.45) is 6.90. The van der Waals surface area contributed by atoms with Crippen molar-refractivity contribution in [3.63, 3.8) is 0 Å². The maximum atomic E-state index is 11.5. The van der Waals surface area contributed by atoms with Gasteiger partial charge >= 0.3 is 0 Å². The highest BCUT2D eigenvalue weighted by Gasteiger charge is 2.31. The largest absolute Gasteiger partial charge is 0.353 e. The van der Waals surface area contributed by atoms with Gasteiger partial charge in [-0.2, -0.15) is 0 Å². The fourth-order valence-corrected chi connectivity index (χ4v) is 2.19. The zero-order valence-electron chi connectivity index (χ0n) is 8.88. The molecule has 0 unspecified atom stereocenters. The summed E-state index contributed by atoms with van der Waals surface area (Å²) in [4.78, 5) is 11.5. The van der Waals surface area contributed by atoms with E-state index < -0.39 is 0 Å². The third-order valence-corrected chi connectivity index (χ3v) is 3.43. The summed E-state index contributed by atoms with van der Waals surface area (Å²) < 4.78 is 0. The van der Waals surface area contributed by atoms with Gasteiger partial charge < -0.3 is 10.6 Å². The van der Waals surface area contributed by atoms with E-state index in [-0.39, 0.29) is 0 Å². The molecule has 2 rings (SSSR count). The van der Waals surface area contributed by atoms with E-state index in [0.717, 1.165) is 25.7 Å². The molecule has 0 bridgehead atoms. The molecule has 14 heavy (non-hydrogen) atoms. The molecule has 3 heteroatoms. The number of nitrogens with one attached hydrogen (secondary N) is 2. The van der Waals surface area contributed by atoms with E-state index in [4.69, 9.17) is 0 Å². The van der Waals surface area contributed by atoms with Crippen LogP contribution in [0, 0.1) is 5.92 Å². The molecular formula is C11H20N2O. The molecule has 0 atom stereocenters. The van der Waals surface area contributed by atoms with Crippen LogP contribution in [-0.4, -0.2) is 25.0 Å². The summed E-state index contributed by atoms with van der Waals surface area (Å²) in [6, 6.07) is 1.12. The first-order valence-corrected chi connectivity index (χ1v) is 5.77. The molecule has 2 fully saturated rings. The van der Waals surface area contributed by atoms with Crippen molar-refractivity contribution in [3.05, 3.63) is 0 Å². The molecule has 2 N–H and O–H groups in total. The van der Waals surface area contributed by atoms with Gasteiger partial charge in [-0.05, 0) is 45.6 Å². The van der Waals surface area contributed by atoms with Crippen molar-refractivity contribution in [2.75, 3.05) is 7.05 Å². The molecule has 0 aromatic rings. The first kappa shape index (κ1) is 9.97. The summed E-state index contributed by atoms with van der Waals surface area (Å²) in [5.41, 5.74) is 0. The van der Waals surface area contributed by atoms with Gasteiger partial charge in [0.25, 0.3) is 0 Å². The Morgan fingerprint density at radius 3 is 2.07 bits per heavy atom.